The molecule has 0 aliphatic carbocycles. The lowest BCUT2D eigenvalue weighted by molar-refractivity contribution is -0.698. The Morgan fingerprint density at radius 3 is 2.51 bits per heavy atom. The number of aliphatic hydroxyl groups is 2. The van der Waals surface area contributed by atoms with Gasteiger partial charge in [0.2, 0.25) is 16.6 Å². The number of aliphatic hydroxyl groups excluding tert-OH is 2. The number of unbranched alkanes of at least 4 members (excludes halogenated alkanes) is 1. The van der Waals surface area contributed by atoms with E-state index in [1.165, 1.54) is 11.3 Å². The molecule has 2 aromatic rings. The number of Topliss-reactive ketones (excluding diaryl/α,β-unsaturated/α-hetero) is 2. The van der Waals surface area contributed by atoms with Crippen LogP contribution in [0.5, 0.6) is 0 Å². The summed E-state index contributed by atoms with van der Waals surface area (Å²) >= 11 is 1.32. The number of aromatic nitrogens is 1. The van der Waals surface area contributed by atoms with Crippen LogP contribution in [-0.2, 0) is 4.79 Å². The van der Waals surface area contributed by atoms with Gasteiger partial charge in [0.05, 0.1) is 17.9 Å². The number of nitrogens with zero attached hydrogens (tertiary/aromatic N) is 2. The van der Waals surface area contributed by atoms with E-state index in [2.05, 4.69) is 4.99 Å². The van der Waals surface area contributed by atoms with E-state index in [0.717, 1.165) is 6.42 Å². The molecular weight excluding hydrogens is 468 g/mol. The molecule has 6 N–H and O–H groups in total. The van der Waals surface area contributed by atoms with Crippen LogP contribution < -0.4 is 21.1 Å². The summed E-state index contributed by atoms with van der Waals surface area (Å²) in [7, 11) is 0. The Morgan fingerprint density at radius 2 is 1.89 bits per heavy atom. The lowest BCUT2D eigenvalue weighted by Gasteiger charge is -2.19. The highest BCUT2D eigenvalue weighted by Crippen LogP contribution is 2.26. The maximum atomic E-state index is 13.5. The summed E-state index contributed by atoms with van der Waals surface area (Å²) in [6.45, 7) is 1.64. The van der Waals surface area contributed by atoms with E-state index >= 15 is 0 Å². The first kappa shape index (κ1) is 28.7. The van der Waals surface area contributed by atoms with Gasteiger partial charge in [0.15, 0.2) is 6.20 Å². The highest BCUT2D eigenvalue weighted by molar-refractivity contribution is 7.09. The minimum Gasteiger partial charge on any atom is -0.861 e. The van der Waals surface area contributed by atoms with Crippen LogP contribution in [0.4, 0.5) is 0 Å². The van der Waals surface area contributed by atoms with Crippen molar-refractivity contribution >= 4 is 28.8 Å². The van der Waals surface area contributed by atoms with E-state index in [0.29, 0.717) is 36.4 Å². The van der Waals surface area contributed by atoms with Gasteiger partial charge in [0.1, 0.15) is 6.54 Å². The van der Waals surface area contributed by atoms with E-state index in [4.69, 9.17) is 11.5 Å². The van der Waals surface area contributed by atoms with Crippen LogP contribution in [0.2, 0.25) is 0 Å². The highest BCUT2D eigenvalue weighted by Gasteiger charge is 2.40. The van der Waals surface area contributed by atoms with Crippen molar-refractivity contribution in [2.45, 2.75) is 50.6 Å². The quantitative estimate of drug-likeness (QED) is 0.0638. The molecular formula is C25H36N4O5S. The second-order valence-corrected chi connectivity index (χ2v) is 9.62. The first-order valence-electron chi connectivity index (χ1n) is 11.8. The molecule has 0 aliphatic rings. The van der Waals surface area contributed by atoms with Gasteiger partial charge in [0, 0.05) is 18.2 Å². The second kappa shape index (κ2) is 14.8. The van der Waals surface area contributed by atoms with Crippen LogP contribution >= 0.6 is 11.3 Å². The number of hydrogen-bond acceptors (Lipinski definition) is 9. The van der Waals surface area contributed by atoms with E-state index in [1.54, 1.807) is 46.5 Å². The molecule has 0 fully saturated rings. The fourth-order valence-electron chi connectivity index (χ4n) is 3.81. The molecule has 2 rings (SSSR count). The highest BCUT2D eigenvalue weighted by atomic mass is 32.1. The van der Waals surface area contributed by atoms with Crippen molar-refractivity contribution in [1.82, 2.24) is 0 Å². The van der Waals surface area contributed by atoms with Crippen molar-refractivity contribution in [3.05, 3.63) is 52.5 Å². The zero-order chi connectivity index (χ0) is 25.8. The van der Waals surface area contributed by atoms with Crippen molar-refractivity contribution in [3.63, 3.8) is 0 Å². The second-order valence-electron chi connectivity index (χ2n) is 8.70. The van der Waals surface area contributed by atoms with Gasteiger partial charge in [-0.05, 0) is 37.6 Å². The van der Waals surface area contributed by atoms with Gasteiger partial charge in [-0.25, -0.2) is 0 Å². The summed E-state index contributed by atoms with van der Waals surface area (Å²) in [6, 6.07) is 6.38. The Bertz CT molecular complexity index is 966. The predicted octanol–water partition coefficient (Wildman–Crippen LogP) is 0.338. The molecule has 3 unspecified atom stereocenters. The summed E-state index contributed by atoms with van der Waals surface area (Å²) in [5.41, 5.74) is 11.7. The number of benzene rings is 1. The maximum absolute atomic E-state index is 13.5. The van der Waals surface area contributed by atoms with E-state index in [-0.39, 0.29) is 25.0 Å². The van der Waals surface area contributed by atoms with Gasteiger partial charge < -0.3 is 26.8 Å². The predicted molar refractivity (Wildman–Crippen MR) is 133 cm³/mol. The average molecular weight is 505 g/mol. The van der Waals surface area contributed by atoms with Crippen molar-refractivity contribution < 1.29 is 29.5 Å². The molecule has 4 atom stereocenters. The van der Waals surface area contributed by atoms with Crippen molar-refractivity contribution in [3.8, 4) is 0 Å². The summed E-state index contributed by atoms with van der Waals surface area (Å²) in [6.07, 6.45) is 3.96. The van der Waals surface area contributed by atoms with Crippen molar-refractivity contribution in [1.29, 1.82) is 0 Å². The van der Waals surface area contributed by atoms with E-state index in [1.807, 2.05) is 6.92 Å². The zero-order valence-electron chi connectivity index (χ0n) is 20.1. The van der Waals surface area contributed by atoms with Crippen LogP contribution in [0.25, 0.3) is 0 Å². The normalized spacial score (nSPS) is 15.4. The third-order valence-electron chi connectivity index (χ3n) is 5.80. The summed E-state index contributed by atoms with van der Waals surface area (Å²) < 4.78 is 1.56. The molecule has 0 aliphatic heterocycles. The number of hydrogen-bond donors (Lipinski definition) is 4. The van der Waals surface area contributed by atoms with Crippen LogP contribution in [0.15, 0.2) is 46.9 Å². The first-order chi connectivity index (χ1) is 16.8. The number of carbonyl (C=O) groups excluding carboxylic acids is 2. The van der Waals surface area contributed by atoms with Crippen molar-refractivity contribution in [2.24, 2.45) is 22.4 Å². The van der Waals surface area contributed by atoms with Gasteiger partial charge in [-0.3, -0.25) is 14.6 Å². The Kier molecular flexibility index (Phi) is 12.1. The number of rotatable bonds is 16. The monoisotopic (exact) mass is 504 g/mol. The molecule has 10 heteroatoms. The van der Waals surface area contributed by atoms with Crippen molar-refractivity contribution in [2.75, 3.05) is 26.3 Å². The van der Waals surface area contributed by atoms with E-state index in [9.17, 15) is 24.9 Å². The van der Waals surface area contributed by atoms with Gasteiger partial charge in [-0.1, -0.05) is 55.0 Å². The van der Waals surface area contributed by atoms with Gasteiger partial charge in [0.25, 0.3) is 6.04 Å². The molecule has 192 valence electrons. The minimum absolute atomic E-state index is 0.0420. The smallest absolute Gasteiger partial charge is 0.281 e. The Balaban J connectivity index is 2.36. The SMILES string of the molecule is CC(CO)CC(CO)c1scc[n+]1C(C(=O)CN=C([O-])[C@@H](N)CCCCN)C(=O)c1ccccc1. The third-order valence-corrected chi connectivity index (χ3v) is 6.84. The van der Waals surface area contributed by atoms with Crippen LogP contribution in [-0.4, -0.2) is 60.0 Å². The molecule has 0 spiro atoms. The van der Waals surface area contributed by atoms with Crippen LogP contribution in [0.3, 0.4) is 0 Å². The Labute approximate surface area is 210 Å². The molecule has 0 radical (unpaired) electrons. The summed E-state index contributed by atoms with van der Waals surface area (Å²) in [4.78, 5) is 30.7. The van der Waals surface area contributed by atoms with Crippen LogP contribution in [0, 0.1) is 5.92 Å². The number of carbonyl (C=O) groups is 2. The molecule has 0 saturated heterocycles. The molecule has 0 amide bonds. The molecule has 9 nitrogen and oxygen atoms in total. The number of aliphatic imine (C=N–C) groups is 1. The number of thiazole rings is 1. The fraction of sp³-hybridized carbons (Fsp3) is 0.520. The van der Waals surface area contributed by atoms with E-state index < -0.39 is 36.1 Å². The number of ketones is 2. The fourth-order valence-corrected chi connectivity index (χ4v) is 4.80. The number of nitrogens with two attached hydrogens (primary N) is 2. The Morgan fingerprint density at radius 1 is 1.17 bits per heavy atom. The standard InChI is InChI=1S/C25H36N4O5S/c1-17(15-30)13-19(16-31)25-29(11-12-35-25)22(23(33)18-7-3-2-4-8-18)21(32)14-28-24(34)20(27)9-5-6-10-26/h2-4,7-8,11-12,17,19-20,22,30-31H,5-6,9-10,13-16,26-27H2,1H3/t17?,19?,20-,22?/m0/s1. The molecule has 35 heavy (non-hydrogen) atoms. The lowest BCUT2D eigenvalue weighted by Crippen LogP contribution is -2.51. The average Bonchev–Trinajstić information content (AvgIpc) is 3.35. The molecule has 0 bridgehead atoms. The molecule has 1 aromatic heterocycles. The first-order valence-corrected chi connectivity index (χ1v) is 12.7. The Hall–Kier alpha value is -2.50. The largest absolute Gasteiger partial charge is 0.861 e. The van der Waals surface area contributed by atoms with Gasteiger partial charge >= 0.3 is 0 Å². The van der Waals surface area contributed by atoms with Gasteiger partial charge in [-0.2, -0.15) is 4.57 Å². The minimum atomic E-state index is -1.25. The maximum Gasteiger partial charge on any atom is 0.281 e. The van der Waals surface area contributed by atoms with Gasteiger partial charge in [-0.15, -0.1) is 0 Å². The molecule has 0 saturated carbocycles. The van der Waals surface area contributed by atoms with Crippen LogP contribution in [0.1, 0.15) is 59.9 Å². The summed E-state index contributed by atoms with van der Waals surface area (Å²) in [5, 5.41) is 34.2. The zero-order valence-corrected chi connectivity index (χ0v) is 20.9. The molecule has 1 heterocycles. The summed E-state index contributed by atoms with van der Waals surface area (Å²) in [5.74, 6) is -2.00. The third kappa shape index (κ3) is 8.29. The topological polar surface area (TPSA) is 166 Å². The molecule has 1 aromatic carbocycles. The lowest BCUT2D eigenvalue weighted by atomic mass is 9.95.